The molecule has 1 fully saturated rings. The largest absolute Gasteiger partial charge is 0.244 e. The van der Waals surface area contributed by atoms with E-state index in [1.54, 1.807) is 0 Å². The second-order valence-corrected chi connectivity index (χ2v) is 2.67. The normalized spacial score (nSPS) is 40.7. The number of alkyl halides is 2. The first-order valence-corrected chi connectivity index (χ1v) is 3.42. The van der Waals surface area contributed by atoms with Crippen LogP contribution in [0.15, 0.2) is 0 Å². The molecular formula is C7H9F2N. The van der Waals surface area contributed by atoms with Gasteiger partial charge in [0.2, 0.25) is 0 Å². The standard InChI is InChI=1S/C7H9F2N/c8-6-2-1-5(4-10)3-7(6)9/h5-7H,1-3H2. The molecule has 0 heterocycles. The van der Waals surface area contributed by atoms with Crippen LogP contribution in [0.2, 0.25) is 0 Å². The predicted octanol–water partition coefficient (Wildman–Crippen LogP) is 1.99. The van der Waals surface area contributed by atoms with Gasteiger partial charge in [0.25, 0.3) is 0 Å². The van der Waals surface area contributed by atoms with E-state index in [0.29, 0.717) is 6.42 Å². The maximum atomic E-state index is 12.5. The highest BCUT2D eigenvalue weighted by molar-refractivity contribution is 4.91. The van der Waals surface area contributed by atoms with Gasteiger partial charge in [-0.05, 0) is 19.3 Å². The van der Waals surface area contributed by atoms with Gasteiger partial charge in [-0.15, -0.1) is 0 Å². The molecule has 0 N–H and O–H groups in total. The summed E-state index contributed by atoms with van der Waals surface area (Å²) < 4.78 is 24.9. The van der Waals surface area contributed by atoms with Gasteiger partial charge in [0.05, 0.1) is 6.07 Å². The first-order chi connectivity index (χ1) is 4.74. The molecule has 3 atom stereocenters. The van der Waals surface area contributed by atoms with E-state index in [1.807, 2.05) is 6.07 Å². The third kappa shape index (κ3) is 1.44. The monoisotopic (exact) mass is 145 g/mol. The summed E-state index contributed by atoms with van der Waals surface area (Å²) in [6, 6.07) is 1.95. The van der Waals surface area contributed by atoms with Crippen LogP contribution in [-0.4, -0.2) is 12.3 Å². The zero-order valence-corrected chi connectivity index (χ0v) is 5.56. The van der Waals surface area contributed by atoms with Gasteiger partial charge in [-0.25, -0.2) is 8.78 Å². The van der Waals surface area contributed by atoms with E-state index < -0.39 is 12.3 Å². The Morgan fingerprint density at radius 2 is 1.90 bits per heavy atom. The van der Waals surface area contributed by atoms with Crippen LogP contribution in [0.5, 0.6) is 0 Å². The first kappa shape index (κ1) is 7.46. The Morgan fingerprint density at radius 1 is 1.20 bits per heavy atom. The topological polar surface area (TPSA) is 23.8 Å². The van der Waals surface area contributed by atoms with Gasteiger partial charge in [0.1, 0.15) is 12.3 Å². The molecule has 1 aliphatic rings. The Bertz CT molecular complexity index is 152. The molecule has 10 heavy (non-hydrogen) atoms. The quantitative estimate of drug-likeness (QED) is 0.511. The van der Waals surface area contributed by atoms with E-state index in [-0.39, 0.29) is 18.8 Å². The van der Waals surface area contributed by atoms with Crippen LogP contribution in [0.3, 0.4) is 0 Å². The van der Waals surface area contributed by atoms with Gasteiger partial charge in [0, 0.05) is 5.92 Å². The van der Waals surface area contributed by atoms with Gasteiger partial charge in [-0.2, -0.15) is 5.26 Å². The van der Waals surface area contributed by atoms with Gasteiger partial charge < -0.3 is 0 Å². The number of nitrogens with zero attached hydrogens (tertiary/aromatic N) is 1. The fourth-order valence-corrected chi connectivity index (χ4v) is 1.20. The fraction of sp³-hybridized carbons (Fsp3) is 0.857. The van der Waals surface area contributed by atoms with E-state index in [4.69, 9.17) is 5.26 Å². The minimum absolute atomic E-state index is 0.0810. The molecule has 1 aliphatic carbocycles. The summed E-state index contributed by atoms with van der Waals surface area (Å²) in [7, 11) is 0. The van der Waals surface area contributed by atoms with Crippen LogP contribution in [0.1, 0.15) is 19.3 Å². The first-order valence-electron chi connectivity index (χ1n) is 3.42. The van der Waals surface area contributed by atoms with E-state index in [9.17, 15) is 8.78 Å². The number of hydrogen-bond acceptors (Lipinski definition) is 1. The van der Waals surface area contributed by atoms with Gasteiger partial charge in [-0.1, -0.05) is 0 Å². The molecular weight excluding hydrogens is 136 g/mol. The Hall–Kier alpha value is -0.650. The molecule has 56 valence electrons. The van der Waals surface area contributed by atoms with Crippen LogP contribution >= 0.6 is 0 Å². The maximum absolute atomic E-state index is 12.5. The molecule has 0 amide bonds. The van der Waals surface area contributed by atoms with Crippen molar-refractivity contribution in [1.29, 1.82) is 5.26 Å². The van der Waals surface area contributed by atoms with E-state index >= 15 is 0 Å². The lowest BCUT2D eigenvalue weighted by atomic mass is 9.88. The fourth-order valence-electron chi connectivity index (χ4n) is 1.20. The summed E-state index contributed by atoms with van der Waals surface area (Å²) in [6.07, 6.45) is -1.93. The number of rotatable bonds is 0. The highest BCUT2D eigenvalue weighted by atomic mass is 19.2. The summed E-state index contributed by atoms with van der Waals surface area (Å²) in [5.74, 6) is -0.262. The lowest BCUT2D eigenvalue weighted by Gasteiger charge is -2.22. The molecule has 3 heteroatoms. The predicted molar refractivity (Wildman–Crippen MR) is 32.7 cm³/mol. The van der Waals surface area contributed by atoms with Crippen molar-refractivity contribution in [2.75, 3.05) is 0 Å². The molecule has 0 aliphatic heterocycles. The summed E-state index contributed by atoms with van der Waals surface area (Å²) in [6.45, 7) is 0. The van der Waals surface area contributed by atoms with Crippen molar-refractivity contribution in [3.8, 4) is 6.07 Å². The van der Waals surface area contributed by atoms with Crippen molar-refractivity contribution in [2.45, 2.75) is 31.6 Å². The maximum Gasteiger partial charge on any atom is 0.132 e. The van der Waals surface area contributed by atoms with Crippen LogP contribution in [0.4, 0.5) is 8.78 Å². The Morgan fingerprint density at radius 3 is 2.40 bits per heavy atom. The third-order valence-electron chi connectivity index (χ3n) is 1.88. The Kier molecular flexibility index (Phi) is 2.21. The minimum Gasteiger partial charge on any atom is -0.244 e. The van der Waals surface area contributed by atoms with Crippen molar-refractivity contribution in [3.63, 3.8) is 0 Å². The molecule has 1 saturated carbocycles. The van der Waals surface area contributed by atoms with Gasteiger partial charge in [-0.3, -0.25) is 0 Å². The molecule has 3 unspecified atom stereocenters. The second-order valence-electron chi connectivity index (χ2n) is 2.67. The summed E-state index contributed by atoms with van der Waals surface area (Å²) in [5.41, 5.74) is 0. The Balaban J connectivity index is 2.42. The lowest BCUT2D eigenvalue weighted by Crippen LogP contribution is -2.26. The minimum atomic E-state index is -1.40. The highest BCUT2D eigenvalue weighted by Gasteiger charge is 2.29. The van der Waals surface area contributed by atoms with Crippen LogP contribution in [0.25, 0.3) is 0 Å². The van der Waals surface area contributed by atoms with Crippen LogP contribution in [0, 0.1) is 17.2 Å². The van der Waals surface area contributed by atoms with Crippen molar-refractivity contribution < 1.29 is 8.78 Å². The van der Waals surface area contributed by atoms with Crippen molar-refractivity contribution in [2.24, 2.45) is 5.92 Å². The molecule has 0 aromatic heterocycles. The Labute approximate surface area is 58.6 Å². The molecule has 0 bridgehead atoms. The zero-order valence-electron chi connectivity index (χ0n) is 5.56. The van der Waals surface area contributed by atoms with Crippen molar-refractivity contribution in [1.82, 2.24) is 0 Å². The SMILES string of the molecule is N#CC1CCC(F)C(F)C1. The second kappa shape index (κ2) is 2.96. The number of hydrogen-bond donors (Lipinski definition) is 0. The average Bonchev–Trinajstić information content (AvgIpc) is 1.95. The molecule has 1 nitrogen and oxygen atoms in total. The average molecular weight is 145 g/mol. The van der Waals surface area contributed by atoms with Crippen molar-refractivity contribution in [3.05, 3.63) is 0 Å². The highest BCUT2D eigenvalue weighted by Crippen LogP contribution is 2.27. The zero-order chi connectivity index (χ0) is 7.56. The van der Waals surface area contributed by atoms with E-state index in [1.165, 1.54) is 0 Å². The van der Waals surface area contributed by atoms with Gasteiger partial charge in [0.15, 0.2) is 0 Å². The molecule has 0 aromatic carbocycles. The van der Waals surface area contributed by atoms with E-state index in [0.717, 1.165) is 0 Å². The summed E-state index contributed by atoms with van der Waals surface area (Å²) in [4.78, 5) is 0. The molecule has 0 spiro atoms. The number of halogens is 2. The van der Waals surface area contributed by atoms with Crippen LogP contribution in [-0.2, 0) is 0 Å². The van der Waals surface area contributed by atoms with Gasteiger partial charge >= 0.3 is 0 Å². The van der Waals surface area contributed by atoms with Crippen LogP contribution < -0.4 is 0 Å². The third-order valence-corrected chi connectivity index (χ3v) is 1.88. The summed E-state index contributed by atoms with van der Waals surface area (Å²) >= 11 is 0. The van der Waals surface area contributed by atoms with E-state index in [2.05, 4.69) is 0 Å². The smallest absolute Gasteiger partial charge is 0.132 e. The molecule has 0 radical (unpaired) electrons. The molecule has 1 rings (SSSR count). The molecule has 0 saturated heterocycles. The summed E-state index contributed by atoms with van der Waals surface area (Å²) in [5, 5.41) is 8.36. The van der Waals surface area contributed by atoms with Crippen molar-refractivity contribution >= 4 is 0 Å². The lowest BCUT2D eigenvalue weighted by molar-refractivity contribution is 0.103. The molecule has 0 aromatic rings. The number of nitriles is 1.